The zero-order valence-corrected chi connectivity index (χ0v) is 17.2. The summed E-state index contributed by atoms with van der Waals surface area (Å²) in [5, 5.41) is 6.02. The lowest BCUT2D eigenvalue weighted by Gasteiger charge is -2.31. The van der Waals surface area contributed by atoms with Crippen LogP contribution >= 0.6 is 11.3 Å². The number of thiazole rings is 1. The Hall–Kier alpha value is -2.28. The maximum Gasteiger partial charge on any atom is 0.253 e. The highest BCUT2D eigenvalue weighted by Gasteiger charge is 2.26. The second-order valence-corrected chi connectivity index (χ2v) is 8.05. The Morgan fingerprint density at radius 2 is 2.07 bits per heavy atom. The Labute approximate surface area is 169 Å². The van der Waals surface area contributed by atoms with Gasteiger partial charge in [0.1, 0.15) is 5.82 Å². The number of hydrogen-bond donors (Lipinski definition) is 1. The average Bonchev–Trinajstić information content (AvgIpc) is 3.18. The van der Waals surface area contributed by atoms with E-state index in [-0.39, 0.29) is 17.6 Å². The zero-order chi connectivity index (χ0) is 20.1. The Morgan fingerprint density at radius 1 is 1.32 bits per heavy atom. The van der Waals surface area contributed by atoms with Crippen molar-refractivity contribution in [2.24, 2.45) is 0 Å². The molecular weight excluding hydrogens is 377 g/mol. The molecule has 1 N–H and O–H groups in total. The van der Waals surface area contributed by atoms with Crippen molar-refractivity contribution in [2.45, 2.75) is 45.4 Å². The molecule has 0 unspecified atom stereocenters. The van der Waals surface area contributed by atoms with E-state index in [1.54, 1.807) is 35.3 Å². The molecule has 150 valence electrons. The Morgan fingerprint density at radius 3 is 2.75 bits per heavy atom. The van der Waals surface area contributed by atoms with E-state index in [2.05, 4.69) is 10.7 Å². The van der Waals surface area contributed by atoms with Crippen LogP contribution in [-0.2, 0) is 11.2 Å². The van der Waals surface area contributed by atoms with Crippen LogP contribution in [0.5, 0.6) is 0 Å². The molecule has 2 amide bonds. The average molecular weight is 404 g/mol. The third-order valence-corrected chi connectivity index (χ3v) is 6.20. The van der Waals surface area contributed by atoms with Gasteiger partial charge in [0.15, 0.2) is 0 Å². The molecule has 1 fully saturated rings. The van der Waals surface area contributed by atoms with Gasteiger partial charge in [-0.05, 0) is 37.5 Å². The molecule has 1 aromatic carbocycles. The van der Waals surface area contributed by atoms with Crippen molar-refractivity contribution in [2.75, 3.05) is 19.6 Å². The number of hydrogen-bond acceptors (Lipinski definition) is 4. The third-order valence-electron chi connectivity index (χ3n) is 5.14. The molecule has 0 saturated carbocycles. The minimum absolute atomic E-state index is 0.0564. The number of piperidine rings is 1. The van der Waals surface area contributed by atoms with Crippen LogP contribution in [-0.4, -0.2) is 41.3 Å². The SMILES string of the molecule is CCC(=O)NCCc1csc(C2CCN(C(=O)c3ccc(C)c(F)c3)CC2)n1. The van der Waals surface area contributed by atoms with Crippen LogP contribution in [0.25, 0.3) is 0 Å². The van der Waals surface area contributed by atoms with Gasteiger partial charge in [0.2, 0.25) is 5.91 Å². The first-order chi connectivity index (χ1) is 13.5. The number of rotatable bonds is 6. The van der Waals surface area contributed by atoms with Crippen molar-refractivity contribution in [3.8, 4) is 0 Å². The van der Waals surface area contributed by atoms with Gasteiger partial charge < -0.3 is 10.2 Å². The highest BCUT2D eigenvalue weighted by Crippen LogP contribution is 2.31. The van der Waals surface area contributed by atoms with Gasteiger partial charge in [-0.25, -0.2) is 9.37 Å². The van der Waals surface area contributed by atoms with Crippen molar-refractivity contribution < 1.29 is 14.0 Å². The van der Waals surface area contributed by atoms with E-state index in [4.69, 9.17) is 4.98 Å². The number of carbonyl (C=O) groups is 2. The lowest BCUT2D eigenvalue weighted by Crippen LogP contribution is -2.38. The van der Waals surface area contributed by atoms with E-state index in [1.165, 1.54) is 6.07 Å². The molecule has 1 aliphatic rings. The van der Waals surface area contributed by atoms with Crippen LogP contribution in [0, 0.1) is 12.7 Å². The predicted octanol–water partition coefficient (Wildman–Crippen LogP) is 3.68. The first-order valence-corrected chi connectivity index (χ1v) is 10.6. The highest BCUT2D eigenvalue weighted by atomic mass is 32.1. The molecule has 2 aromatic rings. The van der Waals surface area contributed by atoms with Crippen LogP contribution in [0.15, 0.2) is 23.6 Å². The van der Waals surface area contributed by atoms with E-state index in [1.807, 2.05) is 6.92 Å². The van der Waals surface area contributed by atoms with E-state index < -0.39 is 0 Å². The maximum atomic E-state index is 13.7. The molecule has 0 spiro atoms. The first kappa shape index (κ1) is 20.5. The second kappa shape index (κ2) is 9.28. The molecule has 3 rings (SSSR count). The largest absolute Gasteiger partial charge is 0.356 e. The second-order valence-electron chi connectivity index (χ2n) is 7.16. The van der Waals surface area contributed by atoms with Crippen molar-refractivity contribution in [3.63, 3.8) is 0 Å². The first-order valence-electron chi connectivity index (χ1n) is 9.74. The minimum atomic E-state index is -0.342. The molecule has 1 aliphatic heterocycles. The maximum absolute atomic E-state index is 13.7. The number of carbonyl (C=O) groups excluding carboxylic acids is 2. The van der Waals surface area contributed by atoms with E-state index in [0.717, 1.165) is 30.0 Å². The number of likely N-dealkylation sites (tertiary alicyclic amines) is 1. The standard InChI is InChI=1S/C21H26FN3O2S/c1-3-19(26)23-9-6-17-13-28-20(24-17)15-7-10-25(11-8-15)21(27)16-5-4-14(2)18(22)12-16/h4-5,12-13,15H,3,6-11H2,1-2H3,(H,23,26). The molecule has 0 atom stereocenters. The molecule has 2 heterocycles. The fourth-order valence-electron chi connectivity index (χ4n) is 3.32. The number of aryl methyl sites for hydroxylation is 1. The van der Waals surface area contributed by atoms with Crippen molar-refractivity contribution >= 4 is 23.2 Å². The summed E-state index contributed by atoms with van der Waals surface area (Å²) in [7, 11) is 0. The van der Waals surface area contributed by atoms with Gasteiger partial charge in [-0.2, -0.15) is 0 Å². The van der Waals surface area contributed by atoms with E-state index in [9.17, 15) is 14.0 Å². The molecule has 0 bridgehead atoms. The summed E-state index contributed by atoms with van der Waals surface area (Å²) >= 11 is 1.65. The molecule has 7 heteroatoms. The summed E-state index contributed by atoms with van der Waals surface area (Å²) in [6.45, 7) is 5.44. The minimum Gasteiger partial charge on any atom is -0.356 e. The number of nitrogens with one attached hydrogen (secondary N) is 1. The topological polar surface area (TPSA) is 62.3 Å². The lowest BCUT2D eigenvalue weighted by atomic mass is 9.97. The fourth-order valence-corrected chi connectivity index (χ4v) is 4.34. The van der Waals surface area contributed by atoms with Crippen molar-refractivity contribution in [1.82, 2.24) is 15.2 Å². The van der Waals surface area contributed by atoms with E-state index in [0.29, 0.717) is 43.1 Å². The Kier molecular flexibility index (Phi) is 6.78. The van der Waals surface area contributed by atoms with Gasteiger partial charge in [0.25, 0.3) is 5.91 Å². The lowest BCUT2D eigenvalue weighted by molar-refractivity contribution is -0.120. The smallest absolute Gasteiger partial charge is 0.253 e. The van der Waals surface area contributed by atoms with Gasteiger partial charge in [-0.15, -0.1) is 11.3 Å². The predicted molar refractivity (Wildman–Crippen MR) is 108 cm³/mol. The zero-order valence-electron chi connectivity index (χ0n) is 16.3. The number of aromatic nitrogens is 1. The molecular formula is C21H26FN3O2S. The molecule has 5 nitrogen and oxygen atoms in total. The third kappa shape index (κ3) is 4.95. The van der Waals surface area contributed by atoms with Crippen LogP contribution in [0.3, 0.4) is 0 Å². The van der Waals surface area contributed by atoms with Gasteiger partial charge >= 0.3 is 0 Å². The summed E-state index contributed by atoms with van der Waals surface area (Å²) in [4.78, 5) is 30.4. The summed E-state index contributed by atoms with van der Waals surface area (Å²) in [6, 6.07) is 4.67. The molecule has 1 saturated heterocycles. The normalized spacial score (nSPS) is 14.9. The number of halogens is 1. The molecule has 0 radical (unpaired) electrons. The van der Waals surface area contributed by atoms with Crippen molar-refractivity contribution in [3.05, 3.63) is 51.2 Å². The van der Waals surface area contributed by atoms with Gasteiger partial charge in [-0.3, -0.25) is 9.59 Å². The Balaban J connectivity index is 1.52. The van der Waals surface area contributed by atoms with Crippen LogP contribution in [0.2, 0.25) is 0 Å². The summed E-state index contributed by atoms with van der Waals surface area (Å²) < 4.78 is 13.7. The van der Waals surface area contributed by atoms with Gasteiger partial charge in [-0.1, -0.05) is 13.0 Å². The molecule has 0 aliphatic carbocycles. The van der Waals surface area contributed by atoms with Crippen LogP contribution in [0.1, 0.15) is 58.7 Å². The summed E-state index contributed by atoms with van der Waals surface area (Å²) in [6.07, 6.45) is 2.95. The number of benzene rings is 1. The molecule has 28 heavy (non-hydrogen) atoms. The van der Waals surface area contributed by atoms with Gasteiger partial charge in [0.05, 0.1) is 10.7 Å². The fraction of sp³-hybridized carbons (Fsp3) is 0.476. The number of nitrogens with zero attached hydrogens (tertiary/aromatic N) is 2. The van der Waals surface area contributed by atoms with Crippen LogP contribution in [0.4, 0.5) is 4.39 Å². The van der Waals surface area contributed by atoms with Crippen LogP contribution < -0.4 is 5.32 Å². The summed E-state index contributed by atoms with van der Waals surface area (Å²) in [5.41, 5.74) is 1.96. The monoisotopic (exact) mass is 403 g/mol. The quantitative estimate of drug-likeness (QED) is 0.800. The highest BCUT2D eigenvalue weighted by molar-refractivity contribution is 7.09. The number of amides is 2. The van der Waals surface area contributed by atoms with Gasteiger partial charge in [0, 0.05) is 49.3 Å². The van der Waals surface area contributed by atoms with Crippen molar-refractivity contribution in [1.29, 1.82) is 0 Å². The summed E-state index contributed by atoms with van der Waals surface area (Å²) in [5.74, 6) is -0.0428. The Bertz CT molecular complexity index is 844. The van der Waals surface area contributed by atoms with E-state index >= 15 is 0 Å². The molecule has 1 aromatic heterocycles.